The molecular formula is C14H16N2O2S. The van der Waals surface area contributed by atoms with Crippen LogP contribution in [0.4, 0.5) is 16.2 Å². The molecule has 100 valence electrons. The Balaban J connectivity index is 2.04. The zero-order valence-corrected chi connectivity index (χ0v) is 11.7. The summed E-state index contributed by atoms with van der Waals surface area (Å²) in [5.74, 6) is 0. The lowest BCUT2D eigenvalue weighted by Gasteiger charge is -2.14. The summed E-state index contributed by atoms with van der Waals surface area (Å²) in [5, 5.41) is 8.09. The standard InChI is InChI=1S/C14H16N2O2S/c1-10(13-7-4-8-19-13)15-11-5-3-6-12(9-11)16-14(17)18-2/h3-10,15H,1-2H3,(H,16,17). The first-order chi connectivity index (χ1) is 9.19. The lowest BCUT2D eigenvalue weighted by atomic mass is 10.2. The maximum atomic E-state index is 11.1. The predicted octanol–water partition coefficient (Wildman–Crippen LogP) is 4.10. The van der Waals surface area contributed by atoms with E-state index in [-0.39, 0.29) is 6.04 Å². The number of ether oxygens (including phenoxy) is 1. The van der Waals surface area contributed by atoms with E-state index in [4.69, 9.17) is 0 Å². The highest BCUT2D eigenvalue weighted by atomic mass is 32.1. The number of hydrogen-bond donors (Lipinski definition) is 2. The van der Waals surface area contributed by atoms with Gasteiger partial charge in [0.05, 0.1) is 13.2 Å². The first-order valence-corrected chi connectivity index (χ1v) is 6.82. The van der Waals surface area contributed by atoms with Crippen LogP contribution in [0.5, 0.6) is 0 Å². The van der Waals surface area contributed by atoms with E-state index in [1.165, 1.54) is 12.0 Å². The van der Waals surface area contributed by atoms with Gasteiger partial charge in [0.1, 0.15) is 0 Å². The van der Waals surface area contributed by atoms with Crippen molar-refractivity contribution in [2.75, 3.05) is 17.7 Å². The second-order valence-corrected chi connectivity index (χ2v) is 5.06. The lowest BCUT2D eigenvalue weighted by Crippen LogP contribution is -2.11. The smallest absolute Gasteiger partial charge is 0.411 e. The van der Waals surface area contributed by atoms with Crippen molar-refractivity contribution in [3.8, 4) is 0 Å². The SMILES string of the molecule is COC(=O)Nc1cccc(NC(C)c2cccs2)c1. The number of anilines is 2. The van der Waals surface area contributed by atoms with Gasteiger partial charge in [-0.05, 0) is 36.6 Å². The van der Waals surface area contributed by atoms with Crippen molar-refractivity contribution in [3.05, 3.63) is 46.7 Å². The Labute approximate surface area is 116 Å². The maximum absolute atomic E-state index is 11.1. The van der Waals surface area contributed by atoms with E-state index >= 15 is 0 Å². The van der Waals surface area contributed by atoms with Gasteiger partial charge in [-0.15, -0.1) is 11.3 Å². The van der Waals surface area contributed by atoms with Gasteiger partial charge in [0, 0.05) is 16.3 Å². The van der Waals surface area contributed by atoms with Gasteiger partial charge in [0.25, 0.3) is 0 Å². The summed E-state index contributed by atoms with van der Waals surface area (Å²) in [5.41, 5.74) is 1.66. The van der Waals surface area contributed by atoms with Crippen LogP contribution in [0.2, 0.25) is 0 Å². The number of methoxy groups -OCH3 is 1. The molecule has 0 radical (unpaired) electrons. The number of carbonyl (C=O) groups excluding carboxylic acids is 1. The summed E-state index contributed by atoms with van der Waals surface area (Å²) in [4.78, 5) is 12.4. The van der Waals surface area contributed by atoms with Crippen molar-refractivity contribution in [1.82, 2.24) is 0 Å². The fourth-order valence-electron chi connectivity index (χ4n) is 1.71. The molecule has 0 bridgehead atoms. The molecule has 1 aromatic heterocycles. The van der Waals surface area contributed by atoms with Crippen LogP contribution in [0.15, 0.2) is 41.8 Å². The molecule has 2 N–H and O–H groups in total. The van der Waals surface area contributed by atoms with Crippen molar-refractivity contribution in [3.63, 3.8) is 0 Å². The Morgan fingerprint density at radius 2 is 2.05 bits per heavy atom. The molecule has 0 spiro atoms. The van der Waals surface area contributed by atoms with E-state index < -0.39 is 6.09 Å². The molecule has 4 nitrogen and oxygen atoms in total. The van der Waals surface area contributed by atoms with Gasteiger partial charge in [-0.25, -0.2) is 4.79 Å². The molecule has 1 atom stereocenters. The molecule has 0 aliphatic carbocycles. The highest BCUT2D eigenvalue weighted by Crippen LogP contribution is 2.24. The second kappa shape index (κ2) is 6.24. The van der Waals surface area contributed by atoms with Gasteiger partial charge in [-0.3, -0.25) is 5.32 Å². The minimum atomic E-state index is -0.469. The van der Waals surface area contributed by atoms with Gasteiger partial charge >= 0.3 is 6.09 Å². The molecule has 1 unspecified atom stereocenters. The third kappa shape index (κ3) is 3.72. The molecule has 2 aromatic rings. The zero-order chi connectivity index (χ0) is 13.7. The van der Waals surface area contributed by atoms with Crippen molar-refractivity contribution in [2.45, 2.75) is 13.0 Å². The van der Waals surface area contributed by atoms with E-state index in [0.717, 1.165) is 5.69 Å². The quantitative estimate of drug-likeness (QED) is 0.884. The normalized spacial score (nSPS) is 11.7. The molecule has 0 saturated carbocycles. The molecule has 1 aromatic carbocycles. The third-order valence-corrected chi connectivity index (χ3v) is 3.70. The number of benzene rings is 1. The molecule has 5 heteroatoms. The lowest BCUT2D eigenvalue weighted by molar-refractivity contribution is 0.187. The predicted molar refractivity (Wildman–Crippen MR) is 78.8 cm³/mol. The van der Waals surface area contributed by atoms with Gasteiger partial charge in [0.15, 0.2) is 0 Å². The summed E-state index contributed by atoms with van der Waals surface area (Å²) < 4.78 is 4.57. The average molecular weight is 276 g/mol. The molecule has 2 rings (SSSR count). The minimum absolute atomic E-state index is 0.230. The van der Waals surface area contributed by atoms with Crippen LogP contribution in [-0.4, -0.2) is 13.2 Å². The van der Waals surface area contributed by atoms with Gasteiger partial charge in [0.2, 0.25) is 0 Å². The molecule has 0 saturated heterocycles. The van der Waals surface area contributed by atoms with Crippen molar-refractivity contribution < 1.29 is 9.53 Å². The monoisotopic (exact) mass is 276 g/mol. The van der Waals surface area contributed by atoms with Gasteiger partial charge in [-0.2, -0.15) is 0 Å². The van der Waals surface area contributed by atoms with E-state index in [1.807, 2.05) is 30.3 Å². The van der Waals surface area contributed by atoms with E-state index in [9.17, 15) is 4.79 Å². The van der Waals surface area contributed by atoms with Gasteiger partial charge in [-0.1, -0.05) is 12.1 Å². The third-order valence-electron chi connectivity index (χ3n) is 2.65. The molecule has 0 fully saturated rings. The number of hydrogen-bond acceptors (Lipinski definition) is 4. The molecular weight excluding hydrogens is 260 g/mol. The summed E-state index contributed by atoms with van der Waals surface area (Å²) in [6.45, 7) is 2.10. The summed E-state index contributed by atoms with van der Waals surface area (Å²) >= 11 is 1.72. The van der Waals surface area contributed by atoms with Crippen LogP contribution >= 0.6 is 11.3 Å². The largest absolute Gasteiger partial charge is 0.453 e. The van der Waals surface area contributed by atoms with Crippen molar-refractivity contribution in [2.24, 2.45) is 0 Å². The first kappa shape index (κ1) is 13.4. The molecule has 0 aliphatic rings. The summed E-state index contributed by atoms with van der Waals surface area (Å²) in [6.07, 6.45) is -0.469. The Morgan fingerprint density at radius 1 is 1.26 bits per heavy atom. The molecule has 0 aliphatic heterocycles. The number of nitrogens with one attached hydrogen (secondary N) is 2. The van der Waals surface area contributed by atoms with Crippen molar-refractivity contribution in [1.29, 1.82) is 0 Å². The molecule has 1 heterocycles. The second-order valence-electron chi connectivity index (χ2n) is 4.08. The van der Waals surface area contributed by atoms with Crippen LogP contribution in [0.3, 0.4) is 0 Å². The minimum Gasteiger partial charge on any atom is -0.453 e. The molecule has 1 amide bonds. The fraction of sp³-hybridized carbons (Fsp3) is 0.214. The van der Waals surface area contributed by atoms with E-state index in [0.29, 0.717) is 5.69 Å². The zero-order valence-electron chi connectivity index (χ0n) is 10.8. The molecule has 19 heavy (non-hydrogen) atoms. The Hall–Kier alpha value is -2.01. The van der Waals surface area contributed by atoms with Crippen LogP contribution in [-0.2, 0) is 4.74 Å². The van der Waals surface area contributed by atoms with Crippen LogP contribution in [0.25, 0.3) is 0 Å². The number of rotatable bonds is 4. The Morgan fingerprint density at radius 3 is 2.74 bits per heavy atom. The van der Waals surface area contributed by atoms with E-state index in [1.54, 1.807) is 11.3 Å². The highest BCUT2D eigenvalue weighted by molar-refractivity contribution is 7.10. The fourth-order valence-corrected chi connectivity index (χ4v) is 2.45. The number of amides is 1. The highest BCUT2D eigenvalue weighted by Gasteiger charge is 2.07. The number of carbonyl (C=O) groups is 1. The van der Waals surface area contributed by atoms with Crippen LogP contribution in [0, 0.1) is 0 Å². The van der Waals surface area contributed by atoms with Gasteiger partial charge < -0.3 is 10.1 Å². The van der Waals surface area contributed by atoms with Crippen molar-refractivity contribution >= 4 is 28.8 Å². The Kier molecular flexibility index (Phi) is 4.41. The summed E-state index contributed by atoms with van der Waals surface area (Å²) in [7, 11) is 1.34. The first-order valence-electron chi connectivity index (χ1n) is 5.94. The Bertz CT molecular complexity index is 540. The van der Waals surface area contributed by atoms with Crippen LogP contribution < -0.4 is 10.6 Å². The maximum Gasteiger partial charge on any atom is 0.411 e. The topological polar surface area (TPSA) is 50.4 Å². The summed E-state index contributed by atoms with van der Waals surface area (Å²) in [6, 6.07) is 11.9. The van der Waals surface area contributed by atoms with E-state index in [2.05, 4.69) is 33.7 Å². The van der Waals surface area contributed by atoms with Crippen LogP contribution in [0.1, 0.15) is 17.8 Å². The average Bonchev–Trinajstić information content (AvgIpc) is 2.93. The number of thiophene rings is 1.